The molecule has 10 nitrogen and oxygen atoms in total. The zero-order valence-corrected chi connectivity index (χ0v) is 15.4. The van der Waals surface area contributed by atoms with E-state index < -0.39 is 18.1 Å². The van der Waals surface area contributed by atoms with Crippen LogP contribution in [0, 0.1) is 0 Å². The summed E-state index contributed by atoms with van der Waals surface area (Å²) >= 11 is 1.05. The molecule has 0 bridgehead atoms. The molecule has 1 aromatic carbocycles. The summed E-state index contributed by atoms with van der Waals surface area (Å²) in [6.07, 6.45) is -2.37. The predicted molar refractivity (Wildman–Crippen MR) is 99.0 cm³/mol. The summed E-state index contributed by atoms with van der Waals surface area (Å²) in [7, 11) is 0. The number of amides is 2. The zero-order valence-electron chi connectivity index (χ0n) is 14.6. The molecule has 0 saturated carbocycles. The minimum absolute atomic E-state index is 0.0454. The summed E-state index contributed by atoms with van der Waals surface area (Å²) in [5, 5.41) is 6.69. The van der Waals surface area contributed by atoms with Crippen molar-refractivity contribution in [2.24, 2.45) is 0 Å². The van der Waals surface area contributed by atoms with Gasteiger partial charge in [0.15, 0.2) is 22.4 Å². The number of rotatable bonds is 4. The number of furan rings is 1. The van der Waals surface area contributed by atoms with Gasteiger partial charge in [-0.15, -0.1) is 20.1 Å². The zero-order chi connectivity index (χ0) is 20.9. The van der Waals surface area contributed by atoms with E-state index in [-0.39, 0.29) is 39.5 Å². The number of ether oxygens (including phenoxy) is 2. The summed E-state index contributed by atoms with van der Waals surface area (Å²) < 4.78 is 40.0. The fourth-order valence-electron chi connectivity index (χ4n) is 2.69. The summed E-state index contributed by atoms with van der Waals surface area (Å²) in [6.45, 7) is 0. The summed E-state index contributed by atoms with van der Waals surface area (Å²) in [5.74, 6) is -1.22. The molecule has 152 valence electrons. The molecule has 5 rings (SSSR count). The third kappa shape index (κ3) is 3.30. The third-order valence-corrected chi connectivity index (χ3v) is 4.70. The highest BCUT2D eigenvalue weighted by molar-refractivity contribution is 7.14. The minimum atomic E-state index is -3.73. The third-order valence-electron chi connectivity index (χ3n) is 3.94. The van der Waals surface area contributed by atoms with E-state index in [1.807, 2.05) is 0 Å². The van der Waals surface area contributed by atoms with Crippen LogP contribution in [0.2, 0.25) is 0 Å². The monoisotopic (exact) mass is 433 g/mol. The number of nitrogens with one attached hydrogen (secondary N) is 3. The minimum Gasteiger partial charge on any atom is -0.459 e. The van der Waals surface area contributed by atoms with Gasteiger partial charge in [0, 0.05) is 17.5 Å². The van der Waals surface area contributed by atoms with Crippen LogP contribution in [0.25, 0.3) is 11.0 Å². The fourth-order valence-corrected chi connectivity index (χ4v) is 3.37. The number of hydrogen-bond donors (Lipinski definition) is 3. The van der Waals surface area contributed by atoms with Crippen molar-refractivity contribution in [1.82, 2.24) is 15.0 Å². The molecule has 4 aromatic rings. The average molecular weight is 433 g/mol. The highest BCUT2D eigenvalue weighted by Gasteiger charge is 2.43. The fraction of sp³-hybridized carbons (Fsp3) is 0.0588. The Kier molecular flexibility index (Phi) is 3.92. The number of carbonyl (C=O) groups excluding carboxylic acids is 2. The molecule has 0 unspecified atom stereocenters. The van der Waals surface area contributed by atoms with Crippen molar-refractivity contribution in [2.75, 3.05) is 10.6 Å². The van der Waals surface area contributed by atoms with Gasteiger partial charge in [-0.2, -0.15) is 0 Å². The number of fused-ring (bicyclic) bond motifs is 2. The molecule has 13 heteroatoms. The molecule has 0 fully saturated rings. The van der Waals surface area contributed by atoms with Crippen molar-refractivity contribution in [1.29, 1.82) is 0 Å². The van der Waals surface area contributed by atoms with Gasteiger partial charge >= 0.3 is 6.29 Å². The molecule has 0 aliphatic carbocycles. The quantitative estimate of drug-likeness (QED) is 0.449. The van der Waals surface area contributed by atoms with Crippen molar-refractivity contribution in [3.8, 4) is 11.5 Å². The van der Waals surface area contributed by atoms with E-state index in [9.17, 15) is 18.4 Å². The van der Waals surface area contributed by atoms with Crippen LogP contribution < -0.4 is 20.1 Å². The molecule has 3 N–H and O–H groups in total. The molecule has 0 saturated heterocycles. The van der Waals surface area contributed by atoms with Crippen molar-refractivity contribution < 1.29 is 32.3 Å². The van der Waals surface area contributed by atoms with E-state index in [2.05, 4.69) is 35.1 Å². The molecule has 1 aliphatic heterocycles. The number of benzene rings is 1. The number of alkyl halides is 2. The maximum Gasteiger partial charge on any atom is 0.586 e. The van der Waals surface area contributed by atoms with Crippen molar-refractivity contribution in [2.45, 2.75) is 6.29 Å². The van der Waals surface area contributed by atoms with Gasteiger partial charge in [-0.3, -0.25) is 20.2 Å². The highest BCUT2D eigenvalue weighted by atomic mass is 32.1. The van der Waals surface area contributed by atoms with Crippen LogP contribution in [-0.2, 0) is 0 Å². The predicted octanol–water partition coefficient (Wildman–Crippen LogP) is 3.44. The maximum absolute atomic E-state index is 13.1. The molecule has 4 heterocycles. The Morgan fingerprint density at radius 3 is 2.67 bits per heavy atom. The Labute approximate surface area is 168 Å². The molecule has 30 heavy (non-hydrogen) atoms. The molecule has 2 amide bonds. The van der Waals surface area contributed by atoms with E-state index >= 15 is 0 Å². The molecule has 0 spiro atoms. The Balaban J connectivity index is 1.29. The lowest BCUT2D eigenvalue weighted by molar-refractivity contribution is -0.286. The second-order valence-electron chi connectivity index (χ2n) is 5.99. The van der Waals surface area contributed by atoms with Gasteiger partial charge in [0.25, 0.3) is 11.8 Å². The normalized spacial score (nSPS) is 14.1. The average Bonchev–Trinajstić information content (AvgIpc) is 3.44. The maximum atomic E-state index is 13.1. The molecule has 3 aromatic heterocycles. The second kappa shape index (κ2) is 6.52. The van der Waals surface area contributed by atoms with E-state index in [1.54, 1.807) is 6.07 Å². The SMILES string of the molecule is O=C(Nc1nc2cc3c(cc2[nH]1)OC(F)(F)O3)c1csc(NC(=O)c2ccco2)n1. The first-order chi connectivity index (χ1) is 14.4. The van der Waals surface area contributed by atoms with E-state index in [1.165, 1.54) is 29.8 Å². The van der Waals surface area contributed by atoms with Gasteiger partial charge in [0.1, 0.15) is 5.69 Å². The Hall–Kier alpha value is -4.00. The second-order valence-corrected chi connectivity index (χ2v) is 6.85. The number of H-pyrrole nitrogens is 1. The van der Waals surface area contributed by atoms with Crippen LogP contribution in [-0.4, -0.2) is 33.1 Å². The van der Waals surface area contributed by atoms with Crippen LogP contribution in [0.5, 0.6) is 11.5 Å². The van der Waals surface area contributed by atoms with E-state index in [0.29, 0.717) is 5.52 Å². The van der Waals surface area contributed by atoms with Crippen LogP contribution in [0.15, 0.2) is 40.3 Å². The van der Waals surface area contributed by atoms with E-state index in [4.69, 9.17) is 4.42 Å². The van der Waals surface area contributed by atoms with Crippen LogP contribution in [0.4, 0.5) is 19.9 Å². The van der Waals surface area contributed by atoms with Crippen molar-refractivity contribution in [3.63, 3.8) is 0 Å². The van der Waals surface area contributed by atoms with Gasteiger partial charge in [-0.1, -0.05) is 0 Å². The molecule has 1 aliphatic rings. The van der Waals surface area contributed by atoms with Gasteiger partial charge in [0.05, 0.1) is 17.3 Å². The van der Waals surface area contributed by atoms with Crippen LogP contribution >= 0.6 is 11.3 Å². The number of carbonyl (C=O) groups is 2. The number of imidazole rings is 1. The summed E-state index contributed by atoms with van der Waals surface area (Å²) in [5.41, 5.74) is 0.689. The summed E-state index contributed by atoms with van der Waals surface area (Å²) in [4.78, 5) is 35.3. The van der Waals surface area contributed by atoms with E-state index in [0.717, 1.165) is 11.3 Å². The number of nitrogens with zero attached hydrogens (tertiary/aromatic N) is 2. The van der Waals surface area contributed by atoms with Crippen molar-refractivity contribution >= 4 is 45.3 Å². The van der Waals surface area contributed by atoms with Gasteiger partial charge in [0.2, 0.25) is 5.95 Å². The lowest BCUT2D eigenvalue weighted by Crippen LogP contribution is -2.25. The van der Waals surface area contributed by atoms with Crippen LogP contribution in [0.1, 0.15) is 21.0 Å². The first-order valence-corrected chi connectivity index (χ1v) is 9.16. The standard InChI is InChI=1S/C17H9F2N5O5S/c18-17(19)28-11-4-7-8(5-12(11)29-17)21-15(20-7)23-13(25)9-6-30-16(22-9)24-14(26)10-2-1-3-27-10/h1-6H,(H,22,24,26)(H2,20,21,23,25). The first-order valence-electron chi connectivity index (χ1n) is 8.28. The smallest absolute Gasteiger partial charge is 0.459 e. The Morgan fingerprint density at radius 2 is 1.90 bits per heavy atom. The molecular weight excluding hydrogens is 424 g/mol. The largest absolute Gasteiger partial charge is 0.586 e. The van der Waals surface area contributed by atoms with Crippen LogP contribution in [0.3, 0.4) is 0 Å². The lowest BCUT2D eigenvalue weighted by atomic mass is 10.3. The number of aromatic amines is 1. The number of thiazole rings is 1. The molecular formula is C17H9F2N5O5S. The number of aromatic nitrogens is 3. The Bertz CT molecular complexity index is 1240. The number of halogens is 2. The van der Waals surface area contributed by atoms with Gasteiger partial charge < -0.3 is 18.9 Å². The van der Waals surface area contributed by atoms with Crippen molar-refractivity contribution in [3.05, 3.63) is 47.4 Å². The highest BCUT2D eigenvalue weighted by Crippen LogP contribution is 2.42. The number of anilines is 2. The van der Waals surface area contributed by atoms with Gasteiger partial charge in [-0.05, 0) is 12.1 Å². The first kappa shape index (κ1) is 18.1. The summed E-state index contributed by atoms with van der Waals surface area (Å²) in [6, 6.07) is 5.62. The topological polar surface area (TPSA) is 131 Å². The number of hydrogen-bond acceptors (Lipinski definition) is 8. The van der Waals surface area contributed by atoms with Gasteiger partial charge in [-0.25, -0.2) is 9.97 Å². The molecule has 0 atom stereocenters. The lowest BCUT2D eigenvalue weighted by Gasteiger charge is -2.04. The Morgan fingerprint density at radius 1 is 1.10 bits per heavy atom. The molecule has 0 radical (unpaired) electrons.